The average Bonchev–Trinajstić information content (AvgIpc) is 3.37. The number of pyridine rings is 2. The molecule has 4 aromatic rings. The third kappa shape index (κ3) is 4.05. The molecule has 0 fully saturated rings. The molecule has 0 unspecified atom stereocenters. The molecular formula is C22H23N5O2. The average molecular weight is 389 g/mol. The molecule has 0 bridgehead atoms. The molecule has 0 spiro atoms. The molecule has 7 heteroatoms. The van der Waals surface area contributed by atoms with E-state index in [1.165, 1.54) is 0 Å². The lowest BCUT2D eigenvalue weighted by Gasteiger charge is -2.11. The van der Waals surface area contributed by atoms with Gasteiger partial charge in [-0.15, -0.1) is 0 Å². The number of hydrogen-bond acceptors (Lipinski definition) is 4. The van der Waals surface area contributed by atoms with Gasteiger partial charge in [0.05, 0.1) is 18.9 Å². The molecule has 148 valence electrons. The summed E-state index contributed by atoms with van der Waals surface area (Å²) in [6, 6.07) is 13.7. The van der Waals surface area contributed by atoms with E-state index in [2.05, 4.69) is 21.5 Å². The van der Waals surface area contributed by atoms with Crippen molar-refractivity contribution in [2.45, 2.75) is 20.0 Å². The smallest absolute Gasteiger partial charge is 0.270 e. The van der Waals surface area contributed by atoms with E-state index in [0.717, 1.165) is 22.5 Å². The minimum absolute atomic E-state index is 0.138. The van der Waals surface area contributed by atoms with Crippen molar-refractivity contribution in [2.24, 2.45) is 0 Å². The number of ether oxygens (including phenoxy) is 1. The highest BCUT2D eigenvalue weighted by atomic mass is 16.5. The van der Waals surface area contributed by atoms with Crippen molar-refractivity contribution < 1.29 is 9.53 Å². The highest BCUT2D eigenvalue weighted by Crippen LogP contribution is 2.22. The topological polar surface area (TPSA) is 73.4 Å². The lowest BCUT2D eigenvalue weighted by atomic mass is 10.1. The quantitative estimate of drug-likeness (QED) is 0.492. The standard InChI is InChI=1S/C22H23N5O2/c1-16(2)29-13-12-24-22(28)20-9-11-25-27(20)21-8-7-19-6-5-18(15-26(19)21)17-4-3-10-23-14-17/h3-11,14-16H,12-13H2,1-2H3,(H,24,28). The van der Waals surface area contributed by atoms with E-state index in [1.807, 2.05) is 61.0 Å². The molecular weight excluding hydrogens is 366 g/mol. The number of nitrogens with zero attached hydrogens (tertiary/aromatic N) is 4. The first-order valence-electron chi connectivity index (χ1n) is 9.59. The van der Waals surface area contributed by atoms with Gasteiger partial charge < -0.3 is 14.5 Å². The van der Waals surface area contributed by atoms with Crippen molar-refractivity contribution >= 4 is 11.4 Å². The Balaban J connectivity index is 1.62. The molecule has 7 nitrogen and oxygen atoms in total. The van der Waals surface area contributed by atoms with Gasteiger partial charge in [0.25, 0.3) is 5.91 Å². The van der Waals surface area contributed by atoms with Crippen LogP contribution in [-0.2, 0) is 4.74 Å². The fraction of sp³-hybridized carbons (Fsp3) is 0.227. The molecule has 0 atom stereocenters. The highest BCUT2D eigenvalue weighted by Gasteiger charge is 2.15. The second-order valence-electron chi connectivity index (χ2n) is 6.95. The summed E-state index contributed by atoms with van der Waals surface area (Å²) in [6.45, 7) is 4.85. The van der Waals surface area contributed by atoms with Gasteiger partial charge in [0.1, 0.15) is 11.5 Å². The SMILES string of the molecule is CC(C)OCCNC(=O)c1ccnn1-c1ccc2ccc(-c3cccnc3)cn12. The number of carbonyl (C=O) groups excluding carboxylic acids is 1. The Morgan fingerprint density at radius 3 is 2.76 bits per heavy atom. The summed E-state index contributed by atoms with van der Waals surface area (Å²) in [5.41, 5.74) is 3.55. The van der Waals surface area contributed by atoms with Crippen molar-refractivity contribution in [2.75, 3.05) is 13.2 Å². The molecule has 0 aliphatic carbocycles. The second-order valence-corrected chi connectivity index (χ2v) is 6.95. The number of amides is 1. The third-order valence-electron chi connectivity index (χ3n) is 4.56. The van der Waals surface area contributed by atoms with E-state index in [4.69, 9.17) is 4.74 Å². The molecule has 4 heterocycles. The van der Waals surface area contributed by atoms with Gasteiger partial charge in [-0.05, 0) is 49.7 Å². The molecule has 0 aliphatic rings. The molecule has 0 saturated carbocycles. The lowest BCUT2D eigenvalue weighted by molar-refractivity contribution is 0.0744. The predicted molar refractivity (Wildman–Crippen MR) is 111 cm³/mol. The number of carbonyl (C=O) groups is 1. The number of aromatic nitrogens is 4. The van der Waals surface area contributed by atoms with Crippen LogP contribution in [0.15, 0.2) is 67.3 Å². The van der Waals surface area contributed by atoms with Crippen LogP contribution in [0, 0.1) is 0 Å². The maximum Gasteiger partial charge on any atom is 0.270 e. The van der Waals surface area contributed by atoms with Crippen molar-refractivity contribution in [3.8, 4) is 16.9 Å². The maximum absolute atomic E-state index is 12.6. The Morgan fingerprint density at radius 1 is 1.10 bits per heavy atom. The number of rotatable bonds is 7. The predicted octanol–water partition coefficient (Wildman–Crippen LogP) is 3.34. The zero-order valence-corrected chi connectivity index (χ0v) is 16.4. The third-order valence-corrected chi connectivity index (χ3v) is 4.56. The van der Waals surface area contributed by atoms with Crippen LogP contribution < -0.4 is 5.32 Å². The van der Waals surface area contributed by atoms with Crippen LogP contribution in [0.4, 0.5) is 0 Å². The number of nitrogens with one attached hydrogen (secondary N) is 1. The minimum Gasteiger partial charge on any atom is -0.377 e. The molecule has 1 amide bonds. The first-order valence-corrected chi connectivity index (χ1v) is 9.59. The van der Waals surface area contributed by atoms with E-state index in [0.29, 0.717) is 18.8 Å². The normalized spacial score (nSPS) is 11.3. The first-order chi connectivity index (χ1) is 14.1. The second kappa shape index (κ2) is 8.28. The Bertz CT molecular complexity index is 1110. The molecule has 4 aromatic heterocycles. The van der Waals surface area contributed by atoms with Gasteiger partial charge in [0, 0.05) is 36.2 Å². The molecule has 4 rings (SSSR count). The van der Waals surface area contributed by atoms with Gasteiger partial charge in [-0.2, -0.15) is 5.10 Å². The largest absolute Gasteiger partial charge is 0.377 e. The summed E-state index contributed by atoms with van der Waals surface area (Å²) < 4.78 is 9.15. The van der Waals surface area contributed by atoms with Gasteiger partial charge >= 0.3 is 0 Å². The van der Waals surface area contributed by atoms with Crippen LogP contribution in [0.1, 0.15) is 24.3 Å². The Morgan fingerprint density at radius 2 is 1.97 bits per heavy atom. The Hall–Kier alpha value is -3.45. The highest BCUT2D eigenvalue weighted by molar-refractivity contribution is 5.93. The summed E-state index contributed by atoms with van der Waals surface area (Å²) in [6.07, 6.45) is 7.38. The van der Waals surface area contributed by atoms with E-state index in [9.17, 15) is 4.79 Å². The van der Waals surface area contributed by atoms with Crippen molar-refractivity contribution in [1.29, 1.82) is 0 Å². The summed E-state index contributed by atoms with van der Waals surface area (Å²) in [4.78, 5) is 16.8. The monoisotopic (exact) mass is 389 g/mol. The summed E-state index contributed by atoms with van der Waals surface area (Å²) in [5.74, 6) is 0.604. The molecule has 0 aromatic carbocycles. The van der Waals surface area contributed by atoms with Crippen LogP contribution in [-0.4, -0.2) is 44.3 Å². The van der Waals surface area contributed by atoms with E-state index >= 15 is 0 Å². The van der Waals surface area contributed by atoms with Gasteiger partial charge in [-0.3, -0.25) is 9.78 Å². The van der Waals surface area contributed by atoms with Gasteiger partial charge in [0.2, 0.25) is 0 Å². The molecule has 0 aliphatic heterocycles. The summed E-state index contributed by atoms with van der Waals surface area (Å²) in [5, 5.41) is 7.27. The van der Waals surface area contributed by atoms with E-state index in [1.54, 1.807) is 23.1 Å². The Labute approximate surface area is 169 Å². The van der Waals surface area contributed by atoms with Crippen LogP contribution in [0.2, 0.25) is 0 Å². The van der Waals surface area contributed by atoms with E-state index in [-0.39, 0.29) is 12.0 Å². The molecule has 0 radical (unpaired) electrons. The van der Waals surface area contributed by atoms with Crippen molar-refractivity contribution in [3.05, 3.63) is 72.9 Å². The lowest BCUT2D eigenvalue weighted by Crippen LogP contribution is -2.30. The summed E-state index contributed by atoms with van der Waals surface area (Å²) >= 11 is 0. The van der Waals surface area contributed by atoms with Crippen LogP contribution in [0.5, 0.6) is 0 Å². The maximum atomic E-state index is 12.6. The summed E-state index contributed by atoms with van der Waals surface area (Å²) in [7, 11) is 0. The first kappa shape index (κ1) is 18.9. The van der Waals surface area contributed by atoms with E-state index < -0.39 is 0 Å². The zero-order valence-electron chi connectivity index (χ0n) is 16.4. The van der Waals surface area contributed by atoms with Crippen LogP contribution in [0.3, 0.4) is 0 Å². The fourth-order valence-corrected chi connectivity index (χ4v) is 3.17. The zero-order chi connectivity index (χ0) is 20.2. The van der Waals surface area contributed by atoms with Crippen LogP contribution >= 0.6 is 0 Å². The minimum atomic E-state index is -0.187. The van der Waals surface area contributed by atoms with Gasteiger partial charge in [0.15, 0.2) is 0 Å². The molecule has 0 saturated heterocycles. The molecule has 1 N–H and O–H groups in total. The van der Waals surface area contributed by atoms with Crippen LogP contribution in [0.25, 0.3) is 22.5 Å². The Kier molecular flexibility index (Phi) is 5.39. The fourth-order valence-electron chi connectivity index (χ4n) is 3.17. The van der Waals surface area contributed by atoms with Crippen molar-refractivity contribution in [3.63, 3.8) is 0 Å². The van der Waals surface area contributed by atoms with Gasteiger partial charge in [-0.1, -0.05) is 12.1 Å². The molecule has 29 heavy (non-hydrogen) atoms. The van der Waals surface area contributed by atoms with Crippen molar-refractivity contribution in [1.82, 2.24) is 24.5 Å². The number of hydrogen-bond donors (Lipinski definition) is 1. The van der Waals surface area contributed by atoms with Gasteiger partial charge in [-0.25, -0.2) is 4.68 Å². The number of fused-ring (bicyclic) bond motifs is 1.